The van der Waals surface area contributed by atoms with Crippen LogP contribution in [0.1, 0.15) is 32.4 Å². The topological polar surface area (TPSA) is 68.0 Å². The number of carbonyl (C=O) groups excluding carboxylic acids is 1. The fraction of sp³-hybridized carbons (Fsp3) is 0.556. The monoisotopic (exact) mass is 249 g/mol. The molecule has 3 N–H and O–H groups in total. The Kier molecular flexibility index (Phi) is 5.79. The highest BCUT2D eigenvalue weighted by Crippen LogP contribution is 2.21. The lowest BCUT2D eigenvalue weighted by Gasteiger charge is -2.03. The number of halogens is 1. The zero-order valence-electron chi connectivity index (χ0n) is 8.98. The van der Waals surface area contributed by atoms with Gasteiger partial charge >= 0.3 is 0 Å². The van der Waals surface area contributed by atoms with Crippen molar-refractivity contribution >= 4 is 34.8 Å². The summed E-state index contributed by atoms with van der Waals surface area (Å²) in [5.74, 6) is 0.182. The molecule has 0 spiro atoms. The summed E-state index contributed by atoms with van der Waals surface area (Å²) in [5.41, 5.74) is 6.41. The zero-order chi connectivity index (χ0) is 10.7. The predicted molar refractivity (Wildman–Crippen MR) is 65.7 cm³/mol. The van der Waals surface area contributed by atoms with Crippen LogP contribution >= 0.6 is 23.7 Å². The van der Waals surface area contributed by atoms with E-state index in [1.807, 2.05) is 5.38 Å². The number of hydrogen-bond acceptors (Lipinski definition) is 4. The first-order valence-electron chi connectivity index (χ1n) is 4.52. The Morgan fingerprint density at radius 3 is 2.53 bits per heavy atom. The van der Waals surface area contributed by atoms with Gasteiger partial charge in [-0.25, -0.2) is 4.98 Å². The van der Waals surface area contributed by atoms with Crippen LogP contribution in [0, 0.1) is 0 Å². The Hall–Kier alpha value is -0.650. The van der Waals surface area contributed by atoms with Crippen molar-refractivity contribution in [2.45, 2.75) is 32.7 Å². The first kappa shape index (κ1) is 14.3. The number of hydrogen-bond donors (Lipinski definition) is 2. The van der Waals surface area contributed by atoms with E-state index in [1.165, 1.54) is 11.3 Å². The molecule has 4 nitrogen and oxygen atoms in total. The summed E-state index contributed by atoms with van der Waals surface area (Å²) >= 11 is 1.42. The van der Waals surface area contributed by atoms with Crippen LogP contribution in [0.15, 0.2) is 5.38 Å². The van der Waals surface area contributed by atoms with E-state index in [9.17, 15) is 4.79 Å². The van der Waals surface area contributed by atoms with Gasteiger partial charge in [-0.15, -0.1) is 23.7 Å². The van der Waals surface area contributed by atoms with E-state index >= 15 is 0 Å². The fourth-order valence-electron chi connectivity index (χ4n) is 0.828. The van der Waals surface area contributed by atoms with Gasteiger partial charge in [-0.2, -0.15) is 0 Å². The van der Waals surface area contributed by atoms with Crippen molar-refractivity contribution in [3.63, 3.8) is 0 Å². The molecule has 1 atom stereocenters. The summed E-state index contributed by atoms with van der Waals surface area (Å²) in [5, 5.41) is 5.23. The van der Waals surface area contributed by atoms with Gasteiger partial charge in [0, 0.05) is 5.38 Å². The van der Waals surface area contributed by atoms with Crippen molar-refractivity contribution in [1.82, 2.24) is 4.98 Å². The van der Waals surface area contributed by atoms with Gasteiger partial charge in [-0.1, -0.05) is 13.8 Å². The Balaban J connectivity index is 0.00000196. The number of amides is 1. The molecule has 0 bridgehead atoms. The summed E-state index contributed by atoms with van der Waals surface area (Å²) in [6.07, 6.45) is 0. The number of rotatable bonds is 3. The lowest BCUT2D eigenvalue weighted by atomic mass is 10.2. The molecule has 0 aliphatic heterocycles. The fourth-order valence-corrected chi connectivity index (χ4v) is 1.70. The molecule has 0 unspecified atom stereocenters. The third-order valence-electron chi connectivity index (χ3n) is 1.76. The highest BCUT2D eigenvalue weighted by atomic mass is 35.5. The van der Waals surface area contributed by atoms with Crippen molar-refractivity contribution in [3.05, 3.63) is 11.1 Å². The number of anilines is 1. The van der Waals surface area contributed by atoms with Gasteiger partial charge < -0.3 is 11.1 Å². The second-order valence-electron chi connectivity index (χ2n) is 3.51. The summed E-state index contributed by atoms with van der Waals surface area (Å²) in [7, 11) is 0. The van der Waals surface area contributed by atoms with Crippen molar-refractivity contribution in [2.75, 3.05) is 5.32 Å². The first-order chi connectivity index (χ1) is 6.50. The smallest absolute Gasteiger partial charge is 0.242 e. The minimum Gasteiger partial charge on any atom is -0.320 e. The van der Waals surface area contributed by atoms with E-state index in [2.05, 4.69) is 24.1 Å². The normalized spacial score (nSPS) is 12.1. The molecule has 0 radical (unpaired) electrons. The summed E-state index contributed by atoms with van der Waals surface area (Å²) in [4.78, 5) is 15.5. The molecule has 1 rings (SSSR count). The number of nitrogens with one attached hydrogen (secondary N) is 1. The Bertz CT molecular complexity index is 325. The molecule has 1 amide bonds. The highest BCUT2D eigenvalue weighted by molar-refractivity contribution is 7.13. The molecule has 15 heavy (non-hydrogen) atoms. The van der Waals surface area contributed by atoms with Crippen molar-refractivity contribution in [1.29, 1.82) is 0 Å². The molecule has 0 aromatic carbocycles. The summed E-state index contributed by atoms with van der Waals surface area (Å²) < 4.78 is 0. The van der Waals surface area contributed by atoms with Crippen LogP contribution in [0.3, 0.4) is 0 Å². The number of nitrogens with two attached hydrogens (primary N) is 1. The van der Waals surface area contributed by atoms with E-state index in [0.29, 0.717) is 11.0 Å². The Labute approximate surface area is 99.7 Å². The average Bonchev–Trinajstić information content (AvgIpc) is 2.52. The zero-order valence-corrected chi connectivity index (χ0v) is 10.6. The van der Waals surface area contributed by atoms with Crippen LogP contribution in [0.5, 0.6) is 0 Å². The molecule has 6 heteroatoms. The van der Waals surface area contributed by atoms with Crippen molar-refractivity contribution in [2.24, 2.45) is 5.73 Å². The maximum Gasteiger partial charge on any atom is 0.242 e. The number of thiazole rings is 1. The van der Waals surface area contributed by atoms with Crippen molar-refractivity contribution < 1.29 is 4.79 Å². The highest BCUT2D eigenvalue weighted by Gasteiger charge is 2.11. The van der Waals surface area contributed by atoms with Crippen LogP contribution < -0.4 is 11.1 Å². The molecule has 0 aliphatic carbocycles. The maximum atomic E-state index is 11.2. The minimum atomic E-state index is -0.499. The quantitative estimate of drug-likeness (QED) is 0.861. The van der Waals surface area contributed by atoms with E-state index in [4.69, 9.17) is 5.73 Å². The van der Waals surface area contributed by atoms with Gasteiger partial charge in [0.1, 0.15) is 0 Å². The molecule has 0 saturated heterocycles. The van der Waals surface area contributed by atoms with Crippen LogP contribution in [0.25, 0.3) is 0 Å². The number of nitrogens with zero attached hydrogens (tertiary/aromatic N) is 1. The molecular formula is C9H16ClN3OS. The van der Waals surface area contributed by atoms with Gasteiger partial charge in [-0.05, 0) is 12.8 Å². The van der Waals surface area contributed by atoms with E-state index in [0.717, 1.165) is 5.69 Å². The molecule has 1 aromatic heterocycles. The van der Waals surface area contributed by atoms with Gasteiger partial charge in [0.25, 0.3) is 0 Å². The standard InChI is InChI=1S/C9H15N3OS.ClH/c1-5(2)7-4-14-9(11-7)12-8(13)6(3)10;/h4-6H,10H2,1-3H3,(H,11,12,13);1H/t6-;/m0./s1. The second-order valence-corrected chi connectivity index (χ2v) is 4.37. The van der Waals surface area contributed by atoms with Gasteiger partial charge in [0.15, 0.2) is 5.13 Å². The molecule has 0 aliphatic rings. The van der Waals surface area contributed by atoms with Crippen LogP contribution in [0.2, 0.25) is 0 Å². The molecule has 1 aromatic rings. The third kappa shape index (κ3) is 4.15. The number of carbonyl (C=O) groups is 1. The Morgan fingerprint density at radius 2 is 2.13 bits per heavy atom. The third-order valence-corrected chi connectivity index (χ3v) is 2.53. The predicted octanol–water partition coefficient (Wildman–Crippen LogP) is 1.97. The van der Waals surface area contributed by atoms with Gasteiger partial charge in [-0.3, -0.25) is 4.79 Å². The summed E-state index contributed by atoms with van der Waals surface area (Å²) in [6.45, 7) is 5.77. The van der Waals surface area contributed by atoms with Crippen LogP contribution in [-0.4, -0.2) is 16.9 Å². The minimum absolute atomic E-state index is 0. The lowest BCUT2D eigenvalue weighted by Crippen LogP contribution is -2.32. The van der Waals surface area contributed by atoms with Crippen molar-refractivity contribution in [3.8, 4) is 0 Å². The van der Waals surface area contributed by atoms with E-state index in [1.54, 1.807) is 6.92 Å². The van der Waals surface area contributed by atoms with Gasteiger partial charge in [0.05, 0.1) is 11.7 Å². The average molecular weight is 250 g/mol. The van der Waals surface area contributed by atoms with E-state index < -0.39 is 6.04 Å². The first-order valence-corrected chi connectivity index (χ1v) is 5.40. The second kappa shape index (κ2) is 6.05. The largest absolute Gasteiger partial charge is 0.320 e. The van der Waals surface area contributed by atoms with E-state index in [-0.39, 0.29) is 18.3 Å². The number of aromatic nitrogens is 1. The van der Waals surface area contributed by atoms with Gasteiger partial charge in [0.2, 0.25) is 5.91 Å². The maximum absolute atomic E-state index is 11.2. The molecule has 86 valence electrons. The van der Waals surface area contributed by atoms with Crippen LogP contribution in [-0.2, 0) is 4.79 Å². The Morgan fingerprint density at radius 1 is 1.53 bits per heavy atom. The molecule has 1 heterocycles. The lowest BCUT2D eigenvalue weighted by molar-refractivity contribution is -0.117. The molecule has 0 fully saturated rings. The molecule has 0 saturated carbocycles. The van der Waals surface area contributed by atoms with Crippen LogP contribution in [0.4, 0.5) is 5.13 Å². The summed E-state index contributed by atoms with van der Waals surface area (Å²) in [6, 6.07) is -0.499. The molecular weight excluding hydrogens is 234 g/mol. The SMILES string of the molecule is CC(C)c1csc(NC(=O)[C@H](C)N)n1.Cl.